The van der Waals surface area contributed by atoms with E-state index in [1.165, 1.54) is 6.26 Å². The van der Waals surface area contributed by atoms with E-state index in [4.69, 9.17) is 9.15 Å². The summed E-state index contributed by atoms with van der Waals surface area (Å²) in [6, 6.07) is 3.42. The summed E-state index contributed by atoms with van der Waals surface area (Å²) in [5.74, 6) is 0.941. The SMILES string of the molecule is COCCNC(=O)CCC1CCN(C(=O)c2ccco2)CC1. The Morgan fingerprint density at radius 1 is 1.41 bits per heavy atom. The first kappa shape index (κ1) is 16.5. The van der Waals surface area contributed by atoms with Crippen molar-refractivity contribution in [3.63, 3.8) is 0 Å². The van der Waals surface area contributed by atoms with Crippen LogP contribution in [0.15, 0.2) is 22.8 Å². The lowest BCUT2D eigenvalue weighted by Crippen LogP contribution is -2.38. The van der Waals surface area contributed by atoms with Gasteiger partial charge in [0.25, 0.3) is 5.91 Å². The summed E-state index contributed by atoms with van der Waals surface area (Å²) in [4.78, 5) is 25.6. The van der Waals surface area contributed by atoms with Crippen molar-refractivity contribution in [3.8, 4) is 0 Å². The molecule has 0 spiro atoms. The predicted octanol–water partition coefficient (Wildman–Crippen LogP) is 1.67. The van der Waals surface area contributed by atoms with Gasteiger partial charge in [0.15, 0.2) is 5.76 Å². The van der Waals surface area contributed by atoms with Gasteiger partial charge in [0, 0.05) is 33.2 Å². The van der Waals surface area contributed by atoms with Gasteiger partial charge in [-0.15, -0.1) is 0 Å². The first-order valence-corrected chi connectivity index (χ1v) is 7.79. The molecule has 0 aliphatic carbocycles. The maximum Gasteiger partial charge on any atom is 0.289 e. The smallest absolute Gasteiger partial charge is 0.289 e. The molecule has 2 rings (SSSR count). The number of nitrogens with one attached hydrogen (secondary N) is 1. The van der Waals surface area contributed by atoms with Crippen molar-refractivity contribution in [1.29, 1.82) is 0 Å². The highest BCUT2D eigenvalue weighted by molar-refractivity contribution is 5.91. The molecular formula is C16H24N2O4. The van der Waals surface area contributed by atoms with E-state index in [9.17, 15) is 9.59 Å². The molecule has 0 saturated carbocycles. The summed E-state index contributed by atoms with van der Waals surface area (Å²) in [7, 11) is 1.62. The summed E-state index contributed by atoms with van der Waals surface area (Å²) in [6.45, 7) is 2.56. The molecule has 0 atom stereocenters. The van der Waals surface area contributed by atoms with Crippen molar-refractivity contribution < 1.29 is 18.7 Å². The van der Waals surface area contributed by atoms with Crippen LogP contribution in [0, 0.1) is 5.92 Å². The molecule has 0 radical (unpaired) electrons. The van der Waals surface area contributed by atoms with Crippen molar-refractivity contribution >= 4 is 11.8 Å². The summed E-state index contributed by atoms with van der Waals surface area (Å²) >= 11 is 0. The third kappa shape index (κ3) is 4.87. The molecule has 122 valence electrons. The van der Waals surface area contributed by atoms with E-state index >= 15 is 0 Å². The van der Waals surface area contributed by atoms with Gasteiger partial charge in [-0.05, 0) is 37.3 Å². The van der Waals surface area contributed by atoms with E-state index in [0.717, 1.165) is 32.4 Å². The van der Waals surface area contributed by atoms with Gasteiger partial charge in [-0.2, -0.15) is 0 Å². The number of ether oxygens (including phenoxy) is 1. The van der Waals surface area contributed by atoms with Crippen LogP contribution >= 0.6 is 0 Å². The number of likely N-dealkylation sites (tertiary alicyclic amines) is 1. The average molecular weight is 308 g/mol. The first-order chi connectivity index (χ1) is 10.7. The van der Waals surface area contributed by atoms with E-state index in [1.807, 2.05) is 4.90 Å². The van der Waals surface area contributed by atoms with Gasteiger partial charge in [0.05, 0.1) is 12.9 Å². The zero-order valence-electron chi connectivity index (χ0n) is 13.0. The fourth-order valence-electron chi connectivity index (χ4n) is 2.70. The molecule has 1 N–H and O–H groups in total. The molecule has 1 aromatic rings. The van der Waals surface area contributed by atoms with Crippen molar-refractivity contribution in [2.24, 2.45) is 5.92 Å². The van der Waals surface area contributed by atoms with Gasteiger partial charge in [0.1, 0.15) is 0 Å². The Hall–Kier alpha value is -1.82. The lowest BCUT2D eigenvalue weighted by Gasteiger charge is -2.31. The highest BCUT2D eigenvalue weighted by Gasteiger charge is 2.25. The fourth-order valence-corrected chi connectivity index (χ4v) is 2.70. The second kappa shape index (κ2) is 8.58. The van der Waals surface area contributed by atoms with Crippen molar-refractivity contribution in [1.82, 2.24) is 10.2 Å². The molecule has 0 aromatic carbocycles. The molecule has 1 aliphatic rings. The van der Waals surface area contributed by atoms with Crippen LogP contribution in [0.1, 0.15) is 36.2 Å². The first-order valence-electron chi connectivity index (χ1n) is 7.79. The fraction of sp³-hybridized carbons (Fsp3) is 0.625. The topological polar surface area (TPSA) is 71.8 Å². The number of nitrogens with zero attached hydrogens (tertiary/aromatic N) is 1. The molecule has 1 aliphatic heterocycles. The summed E-state index contributed by atoms with van der Waals surface area (Å²) in [6.07, 6.45) is 4.82. The Labute approximate surface area is 130 Å². The van der Waals surface area contributed by atoms with Gasteiger partial charge in [-0.3, -0.25) is 9.59 Å². The maximum absolute atomic E-state index is 12.1. The van der Waals surface area contributed by atoms with E-state index in [1.54, 1.807) is 19.2 Å². The second-order valence-electron chi connectivity index (χ2n) is 5.59. The molecule has 0 bridgehead atoms. The number of rotatable bonds is 7. The van der Waals surface area contributed by atoms with Crippen molar-refractivity contribution in [2.45, 2.75) is 25.7 Å². The highest BCUT2D eigenvalue weighted by atomic mass is 16.5. The minimum atomic E-state index is -0.0410. The molecular weight excluding hydrogens is 284 g/mol. The molecule has 0 unspecified atom stereocenters. The largest absolute Gasteiger partial charge is 0.459 e. The summed E-state index contributed by atoms with van der Waals surface area (Å²) < 4.78 is 10.0. The Balaban J connectivity index is 1.65. The van der Waals surface area contributed by atoms with Gasteiger partial charge < -0.3 is 19.4 Å². The monoisotopic (exact) mass is 308 g/mol. The quantitative estimate of drug-likeness (QED) is 0.778. The molecule has 22 heavy (non-hydrogen) atoms. The predicted molar refractivity (Wildman–Crippen MR) is 81.5 cm³/mol. The summed E-state index contributed by atoms with van der Waals surface area (Å²) in [5.41, 5.74) is 0. The molecule has 2 heterocycles. The van der Waals surface area contributed by atoms with E-state index < -0.39 is 0 Å². The third-order valence-electron chi connectivity index (χ3n) is 4.04. The van der Waals surface area contributed by atoms with Gasteiger partial charge in [-0.1, -0.05) is 0 Å². The minimum absolute atomic E-state index is 0.0410. The number of carbonyl (C=O) groups excluding carboxylic acids is 2. The number of amides is 2. The number of methoxy groups -OCH3 is 1. The Morgan fingerprint density at radius 2 is 2.18 bits per heavy atom. The van der Waals surface area contributed by atoms with E-state index in [2.05, 4.69) is 5.32 Å². The number of carbonyl (C=O) groups is 2. The lowest BCUT2D eigenvalue weighted by atomic mass is 9.92. The number of hydrogen-bond donors (Lipinski definition) is 1. The van der Waals surface area contributed by atoms with Crippen LogP contribution in [-0.4, -0.2) is 50.1 Å². The van der Waals surface area contributed by atoms with Crippen LogP contribution in [0.4, 0.5) is 0 Å². The van der Waals surface area contributed by atoms with Crippen molar-refractivity contribution in [2.75, 3.05) is 33.4 Å². The third-order valence-corrected chi connectivity index (χ3v) is 4.04. The Kier molecular flexibility index (Phi) is 6.45. The zero-order valence-corrected chi connectivity index (χ0v) is 13.0. The van der Waals surface area contributed by atoms with Crippen LogP contribution in [-0.2, 0) is 9.53 Å². The molecule has 6 heteroatoms. The van der Waals surface area contributed by atoms with Crippen LogP contribution in [0.2, 0.25) is 0 Å². The normalized spacial score (nSPS) is 15.8. The van der Waals surface area contributed by atoms with Crippen LogP contribution in [0.5, 0.6) is 0 Å². The molecule has 6 nitrogen and oxygen atoms in total. The van der Waals surface area contributed by atoms with Crippen LogP contribution in [0.3, 0.4) is 0 Å². The number of furan rings is 1. The summed E-state index contributed by atoms with van der Waals surface area (Å²) in [5, 5.41) is 2.83. The van der Waals surface area contributed by atoms with Crippen molar-refractivity contribution in [3.05, 3.63) is 24.2 Å². The Bertz CT molecular complexity index is 465. The van der Waals surface area contributed by atoms with E-state index in [-0.39, 0.29) is 11.8 Å². The molecule has 1 aromatic heterocycles. The molecule has 2 amide bonds. The number of hydrogen-bond acceptors (Lipinski definition) is 4. The molecule has 1 fully saturated rings. The second-order valence-corrected chi connectivity index (χ2v) is 5.59. The minimum Gasteiger partial charge on any atom is -0.459 e. The van der Waals surface area contributed by atoms with Crippen LogP contribution in [0.25, 0.3) is 0 Å². The molecule has 1 saturated heterocycles. The van der Waals surface area contributed by atoms with Gasteiger partial charge in [-0.25, -0.2) is 0 Å². The maximum atomic E-state index is 12.1. The van der Waals surface area contributed by atoms with Gasteiger partial charge in [0.2, 0.25) is 5.91 Å². The van der Waals surface area contributed by atoms with Gasteiger partial charge >= 0.3 is 0 Å². The lowest BCUT2D eigenvalue weighted by molar-refractivity contribution is -0.121. The zero-order chi connectivity index (χ0) is 15.8. The number of piperidine rings is 1. The average Bonchev–Trinajstić information content (AvgIpc) is 3.07. The Morgan fingerprint density at radius 3 is 2.82 bits per heavy atom. The van der Waals surface area contributed by atoms with Crippen LogP contribution < -0.4 is 5.32 Å². The highest BCUT2D eigenvalue weighted by Crippen LogP contribution is 2.23. The standard InChI is InChI=1S/C16H24N2O4/c1-21-12-8-17-15(19)5-4-13-6-9-18(10-7-13)16(20)14-3-2-11-22-14/h2-3,11,13H,4-10,12H2,1H3,(H,17,19). The van der Waals surface area contributed by atoms with E-state index in [0.29, 0.717) is 31.3 Å².